The van der Waals surface area contributed by atoms with E-state index in [0.717, 1.165) is 25.0 Å². The van der Waals surface area contributed by atoms with Gasteiger partial charge >= 0.3 is 0 Å². The molecule has 7 nitrogen and oxygen atoms in total. The van der Waals surface area contributed by atoms with Crippen LogP contribution in [0, 0.1) is 5.41 Å². The number of ether oxygens (including phenoxy) is 1. The molecule has 0 saturated carbocycles. The minimum absolute atomic E-state index is 0.0267. The van der Waals surface area contributed by atoms with Gasteiger partial charge in [0.25, 0.3) is 5.91 Å². The maximum absolute atomic E-state index is 13.0. The third-order valence-corrected chi connectivity index (χ3v) is 5.09. The van der Waals surface area contributed by atoms with Crippen LogP contribution in [0.4, 0.5) is 0 Å². The lowest BCUT2D eigenvalue weighted by molar-refractivity contribution is 0.0585. The molecule has 7 heteroatoms. The van der Waals surface area contributed by atoms with Crippen LogP contribution in [0.25, 0.3) is 0 Å². The molecule has 3 rings (SSSR count). The fourth-order valence-electron chi connectivity index (χ4n) is 3.38. The van der Waals surface area contributed by atoms with Crippen LogP contribution in [0.3, 0.4) is 0 Å². The highest BCUT2D eigenvalue weighted by Gasteiger charge is 2.27. The first-order chi connectivity index (χ1) is 13.3. The Labute approximate surface area is 166 Å². The van der Waals surface area contributed by atoms with Crippen LogP contribution >= 0.6 is 0 Å². The summed E-state index contributed by atoms with van der Waals surface area (Å²) in [6, 6.07) is 7.54. The van der Waals surface area contributed by atoms with Gasteiger partial charge in [-0.1, -0.05) is 44.2 Å². The highest BCUT2D eigenvalue weighted by Crippen LogP contribution is 2.31. The number of carbonyl (C=O) groups is 1. The highest BCUT2D eigenvalue weighted by molar-refractivity contribution is 5.95. The SMILES string of the molecule is CN(CC1CCCO1)C(=O)c1ccccc1Cn1cc(C(O)C(C)(C)C)nn1. The second-order valence-corrected chi connectivity index (χ2v) is 8.59. The van der Waals surface area contributed by atoms with Gasteiger partial charge in [0.05, 0.1) is 18.8 Å². The Bertz CT molecular complexity index is 806. The Balaban J connectivity index is 1.73. The van der Waals surface area contributed by atoms with Crippen LogP contribution in [0.15, 0.2) is 30.5 Å². The molecule has 0 bridgehead atoms. The fraction of sp³-hybridized carbons (Fsp3) is 0.571. The summed E-state index contributed by atoms with van der Waals surface area (Å²) in [6.45, 7) is 7.65. The smallest absolute Gasteiger partial charge is 0.254 e. The normalized spacial score (nSPS) is 18.2. The molecule has 1 aromatic carbocycles. The van der Waals surface area contributed by atoms with Crippen molar-refractivity contribution < 1.29 is 14.6 Å². The Morgan fingerprint density at radius 2 is 2.14 bits per heavy atom. The minimum atomic E-state index is -0.698. The number of likely N-dealkylation sites (N-methyl/N-ethyl adjacent to an activating group) is 1. The van der Waals surface area contributed by atoms with E-state index in [1.54, 1.807) is 15.8 Å². The molecule has 0 aliphatic carbocycles. The molecular weight excluding hydrogens is 356 g/mol. The molecule has 1 N–H and O–H groups in total. The first kappa shape index (κ1) is 20.5. The lowest BCUT2D eigenvalue weighted by atomic mass is 9.87. The monoisotopic (exact) mass is 386 g/mol. The van der Waals surface area contributed by atoms with E-state index < -0.39 is 6.10 Å². The molecule has 1 aromatic heterocycles. The number of aromatic nitrogens is 3. The lowest BCUT2D eigenvalue weighted by Crippen LogP contribution is -2.34. The van der Waals surface area contributed by atoms with Gasteiger partial charge in [0.15, 0.2) is 0 Å². The molecule has 2 heterocycles. The van der Waals surface area contributed by atoms with Crippen LogP contribution in [0.1, 0.15) is 61.3 Å². The fourth-order valence-corrected chi connectivity index (χ4v) is 3.38. The van der Waals surface area contributed by atoms with Crippen LogP contribution in [0.2, 0.25) is 0 Å². The van der Waals surface area contributed by atoms with Crippen molar-refractivity contribution in [2.24, 2.45) is 5.41 Å². The van der Waals surface area contributed by atoms with Crippen LogP contribution < -0.4 is 0 Å². The van der Waals surface area contributed by atoms with Crippen molar-refractivity contribution in [3.8, 4) is 0 Å². The Morgan fingerprint density at radius 1 is 1.39 bits per heavy atom. The second kappa shape index (κ2) is 8.41. The number of benzene rings is 1. The average Bonchev–Trinajstić information content (AvgIpc) is 3.32. The number of amides is 1. The van der Waals surface area contributed by atoms with Gasteiger partial charge in [-0.05, 0) is 29.9 Å². The number of aliphatic hydroxyl groups excluding tert-OH is 1. The van der Waals surface area contributed by atoms with Crippen LogP contribution in [-0.4, -0.2) is 57.2 Å². The number of carbonyl (C=O) groups excluding carboxylic acids is 1. The Kier molecular flexibility index (Phi) is 6.15. The number of rotatable bonds is 6. The molecule has 1 aliphatic rings. The van der Waals surface area contributed by atoms with Crippen LogP contribution in [0.5, 0.6) is 0 Å². The number of aliphatic hydroxyl groups is 1. The van der Waals surface area contributed by atoms with Gasteiger partial charge in [0.1, 0.15) is 11.8 Å². The van der Waals surface area contributed by atoms with Crippen molar-refractivity contribution in [1.82, 2.24) is 19.9 Å². The number of hydrogen-bond acceptors (Lipinski definition) is 5. The molecule has 2 atom stereocenters. The van der Waals surface area contributed by atoms with Crippen molar-refractivity contribution in [3.05, 3.63) is 47.3 Å². The van der Waals surface area contributed by atoms with E-state index in [4.69, 9.17) is 4.74 Å². The summed E-state index contributed by atoms with van der Waals surface area (Å²) in [5, 5.41) is 18.6. The van der Waals surface area contributed by atoms with E-state index in [-0.39, 0.29) is 17.4 Å². The maximum Gasteiger partial charge on any atom is 0.254 e. The molecule has 1 fully saturated rings. The third kappa shape index (κ3) is 4.77. The van der Waals surface area contributed by atoms with E-state index in [0.29, 0.717) is 24.3 Å². The van der Waals surface area contributed by atoms with Crippen molar-refractivity contribution in [2.75, 3.05) is 20.2 Å². The molecule has 1 aliphatic heterocycles. The molecule has 0 spiro atoms. The summed E-state index contributed by atoms with van der Waals surface area (Å²) in [5.41, 5.74) is 1.73. The van der Waals surface area contributed by atoms with E-state index in [1.807, 2.05) is 52.1 Å². The van der Waals surface area contributed by atoms with Gasteiger partial charge in [0, 0.05) is 25.8 Å². The summed E-state index contributed by atoms with van der Waals surface area (Å²) < 4.78 is 7.31. The lowest BCUT2D eigenvalue weighted by Gasteiger charge is -2.23. The molecule has 152 valence electrons. The average molecular weight is 386 g/mol. The Hall–Kier alpha value is -2.25. The standard InChI is InChI=1S/C21H30N4O3/c1-21(2,3)19(26)18-14-25(23-22-18)12-15-8-5-6-10-17(15)20(27)24(4)13-16-9-7-11-28-16/h5-6,8,10,14,16,19,26H,7,9,11-13H2,1-4H3. The first-order valence-corrected chi connectivity index (χ1v) is 9.79. The predicted octanol–water partition coefficient (Wildman–Crippen LogP) is 2.66. The number of hydrogen-bond donors (Lipinski definition) is 1. The van der Waals surface area contributed by atoms with Gasteiger partial charge in [-0.2, -0.15) is 0 Å². The molecule has 28 heavy (non-hydrogen) atoms. The summed E-state index contributed by atoms with van der Waals surface area (Å²) in [7, 11) is 1.81. The zero-order valence-electron chi connectivity index (χ0n) is 17.1. The van der Waals surface area contributed by atoms with E-state index in [9.17, 15) is 9.90 Å². The molecule has 2 unspecified atom stereocenters. The molecule has 0 radical (unpaired) electrons. The zero-order valence-corrected chi connectivity index (χ0v) is 17.1. The van der Waals surface area contributed by atoms with Gasteiger partial charge in [-0.3, -0.25) is 4.79 Å². The van der Waals surface area contributed by atoms with E-state index >= 15 is 0 Å². The van der Waals surface area contributed by atoms with Gasteiger partial charge in [-0.25, -0.2) is 4.68 Å². The maximum atomic E-state index is 13.0. The molecular formula is C21H30N4O3. The minimum Gasteiger partial charge on any atom is -0.386 e. The molecule has 2 aromatic rings. The van der Waals surface area contributed by atoms with Crippen molar-refractivity contribution >= 4 is 5.91 Å². The highest BCUT2D eigenvalue weighted by atomic mass is 16.5. The predicted molar refractivity (Wildman–Crippen MR) is 106 cm³/mol. The first-order valence-electron chi connectivity index (χ1n) is 9.79. The number of nitrogens with zero attached hydrogens (tertiary/aromatic N) is 4. The van der Waals surface area contributed by atoms with E-state index in [1.165, 1.54) is 0 Å². The molecule has 1 amide bonds. The van der Waals surface area contributed by atoms with Gasteiger partial charge in [-0.15, -0.1) is 5.10 Å². The summed E-state index contributed by atoms with van der Waals surface area (Å²) in [6.07, 6.45) is 3.22. The molecule has 1 saturated heterocycles. The third-order valence-electron chi connectivity index (χ3n) is 5.09. The van der Waals surface area contributed by atoms with Gasteiger partial charge in [0.2, 0.25) is 0 Å². The summed E-state index contributed by atoms with van der Waals surface area (Å²) in [5.74, 6) is -0.0267. The summed E-state index contributed by atoms with van der Waals surface area (Å²) >= 11 is 0. The van der Waals surface area contributed by atoms with Crippen molar-refractivity contribution in [1.29, 1.82) is 0 Å². The van der Waals surface area contributed by atoms with Crippen molar-refractivity contribution in [3.63, 3.8) is 0 Å². The summed E-state index contributed by atoms with van der Waals surface area (Å²) in [4.78, 5) is 14.7. The zero-order chi connectivity index (χ0) is 20.3. The van der Waals surface area contributed by atoms with E-state index in [2.05, 4.69) is 10.3 Å². The second-order valence-electron chi connectivity index (χ2n) is 8.59. The van der Waals surface area contributed by atoms with Crippen molar-refractivity contribution in [2.45, 2.75) is 52.4 Å². The Morgan fingerprint density at radius 3 is 2.82 bits per heavy atom. The largest absolute Gasteiger partial charge is 0.386 e. The topological polar surface area (TPSA) is 80.5 Å². The van der Waals surface area contributed by atoms with Crippen LogP contribution in [-0.2, 0) is 11.3 Å². The van der Waals surface area contributed by atoms with Gasteiger partial charge < -0.3 is 14.7 Å². The quantitative estimate of drug-likeness (QED) is 0.826.